The van der Waals surface area contributed by atoms with Gasteiger partial charge in [0.15, 0.2) is 10.8 Å². The second-order valence-electron chi connectivity index (χ2n) is 5.67. The smallest absolute Gasteiger partial charge is 0.198 e. The number of fused-ring (bicyclic) bond motifs is 3. The summed E-state index contributed by atoms with van der Waals surface area (Å²) in [6.45, 7) is 0. The summed E-state index contributed by atoms with van der Waals surface area (Å²) in [5, 5.41) is 8.87. The molecule has 2 aliphatic carbocycles. The molecule has 2 saturated carbocycles. The van der Waals surface area contributed by atoms with Crippen molar-refractivity contribution >= 4 is 17.2 Å². The van der Waals surface area contributed by atoms with Gasteiger partial charge in [0.2, 0.25) is 0 Å². The van der Waals surface area contributed by atoms with Crippen LogP contribution in [0, 0.1) is 17.8 Å². The van der Waals surface area contributed by atoms with Crippen LogP contribution in [0.5, 0.6) is 0 Å². The molecule has 4 nitrogen and oxygen atoms in total. The average molecular weight is 263 g/mol. The minimum Gasteiger partial charge on any atom is -0.282 e. The van der Waals surface area contributed by atoms with Gasteiger partial charge in [0, 0.05) is 18.8 Å². The van der Waals surface area contributed by atoms with Gasteiger partial charge >= 0.3 is 0 Å². The van der Waals surface area contributed by atoms with E-state index in [1.807, 2.05) is 10.6 Å². The number of aromatic nitrogens is 4. The molecule has 2 aliphatic rings. The second kappa shape index (κ2) is 3.92. The van der Waals surface area contributed by atoms with Crippen LogP contribution in [0.3, 0.4) is 0 Å². The highest BCUT2D eigenvalue weighted by atomic mass is 35.5. The first-order valence-electron chi connectivity index (χ1n) is 6.65. The standard InChI is InChI=1S/C13H15ClN4/c14-12-13-17-16-11(18(13)4-3-15-12)7-10-6-8-1-2-9(10)5-8/h3-4,8-10H,1-2,5-7H2. The molecule has 0 spiro atoms. The molecule has 0 radical (unpaired) electrons. The van der Waals surface area contributed by atoms with Crippen molar-refractivity contribution in [3.05, 3.63) is 23.4 Å². The number of nitrogens with zero attached hydrogens (tertiary/aromatic N) is 4. The third-order valence-corrected chi connectivity index (χ3v) is 4.95. The highest BCUT2D eigenvalue weighted by Crippen LogP contribution is 2.49. The van der Waals surface area contributed by atoms with Crippen LogP contribution >= 0.6 is 11.6 Å². The van der Waals surface area contributed by atoms with E-state index in [2.05, 4.69) is 15.2 Å². The molecule has 94 valence electrons. The van der Waals surface area contributed by atoms with Crippen LogP contribution in [0.25, 0.3) is 5.65 Å². The van der Waals surface area contributed by atoms with Gasteiger partial charge < -0.3 is 0 Å². The first-order valence-corrected chi connectivity index (χ1v) is 7.03. The molecule has 0 amide bonds. The molecule has 0 saturated heterocycles. The van der Waals surface area contributed by atoms with Crippen molar-refractivity contribution in [1.29, 1.82) is 0 Å². The fraction of sp³-hybridized carbons (Fsp3) is 0.615. The van der Waals surface area contributed by atoms with Gasteiger partial charge in [0.05, 0.1) is 0 Å². The first-order chi connectivity index (χ1) is 8.81. The molecule has 5 heteroatoms. The zero-order chi connectivity index (χ0) is 12.1. The van der Waals surface area contributed by atoms with Crippen molar-refractivity contribution in [2.45, 2.75) is 32.1 Å². The van der Waals surface area contributed by atoms with Crippen molar-refractivity contribution in [2.24, 2.45) is 17.8 Å². The molecule has 0 aromatic carbocycles. The Morgan fingerprint density at radius 3 is 3.00 bits per heavy atom. The number of hydrogen-bond acceptors (Lipinski definition) is 3. The summed E-state index contributed by atoms with van der Waals surface area (Å²) in [6.07, 6.45) is 10.3. The summed E-state index contributed by atoms with van der Waals surface area (Å²) < 4.78 is 1.99. The van der Waals surface area contributed by atoms with E-state index in [-0.39, 0.29) is 0 Å². The molecular formula is C13H15ClN4. The van der Waals surface area contributed by atoms with Crippen LogP contribution in [0.4, 0.5) is 0 Å². The Morgan fingerprint density at radius 2 is 2.22 bits per heavy atom. The van der Waals surface area contributed by atoms with Gasteiger partial charge in [0.25, 0.3) is 0 Å². The third-order valence-electron chi connectivity index (χ3n) is 4.68. The lowest BCUT2D eigenvalue weighted by atomic mass is 9.86. The van der Waals surface area contributed by atoms with Crippen molar-refractivity contribution in [3.8, 4) is 0 Å². The monoisotopic (exact) mass is 262 g/mol. The Labute approximate surface area is 110 Å². The SMILES string of the molecule is Clc1nccn2c(CC3CC4CCC3C4)nnc12. The van der Waals surface area contributed by atoms with E-state index in [4.69, 9.17) is 11.6 Å². The van der Waals surface area contributed by atoms with Crippen LogP contribution in [0.15, 0.2) is 12.4 Å². The molecule has 0 N–H and O–H groups in total. The fourth-order valence-corrected chi connectivity index (χ4v) is 4.03. The quantitative estimate of drug-likeness (QED) is 0.836. The van der Waals surface area contributed by atoms with Gasteiger partial charge in [-0.15, -0.1) is 10.2 Å². The molecule has 2 bridgehead atoms. The van der Waals surface area contributed by atoms with Gasteiger partial charge in [-0.25, -0.2) is 4.98 Å². The lowest BCUT2D eigenvalue weighted by molar-refractivity contribution is 0.326. The Morgan fingerprint density at radius 1 is 1.28 bits per heavy atom. The molecule has 3 atom stereocenters. The van der Waals surface area contributed by atoms with E-state index in [1.165, 1.54) is 25.7 Å². The Hall–Kier alpha value is -1.16. The number of halogens is 1. The van der Waals surface area contributed by atoms with E-state index in [1.54, 1.807) is 6.20 Å². The Bertz CT molecular complexity index is 594. The van der Waals surface area contributed by atoms with Crippen LogP contribution in [-0.4, -0.2) is 19.6 Å². The van der Waals surface area contributed by atoms with E-state index < -0.39 is 0 Å². The first kappa shape index (κ1) is 10.7. The fourth-order valence-electron chi connectivity index (χ4n) is 3.84. The summed E-state index contributed by atoms with van der Waals surface area (Å²) in [6, 6.07) is 0. The van der Waals surface area contributed by atoms with Gasteiger partial charge in [-0.3, -0.25) is 4.40 Å². The molecular weight excluding hydrogens is 248 g/mol. The van der Waals surface area contributed by atoms with Gasteiger partial charge in [-0.05, 0) is 37.0 Å². The number of hydrogen-bond donors (Lipinski definition) is 0. The van der Waals surface area contributed by atoms with Crippen LogP contribution in [0.1, 0.15) is 31.5 Å². The molecule has 2 aromatic rings. The maximum absolute atomic E-state index is 6.02. The van der Waals surface area contributed by atoms with E-state index in [0.29, 0.717) is 10.8 Å². The van der Waals surface area contributed by atoms with Gasteiger partial charge in [-0.2, -0.15) is 0 Å². The minimum absolute atomic E-state index is 0.434. The summed E-state index contributed by atoms with van der Waals surface area (Å²) in [5.74, 6) is 3.72. The Balaban J connectivity index is 1.65. The van der Waals surface area contributed by atoms with Crippen LogP contribution in [-0.2, 0) is 6.42 Å². The normalized spacial score (nSPS) is 30.4. The zero-order valence-electron chi connectivity index (χ0n) is 10.1. The summed E-state index contributed by atoms with van der Waals surface area (Å²) in [4.78, 5) is 4.03. The zero-order valence-corrected chi connectivity index (χ0v) is 10.8. The highest BCUT2D eigenvalue weighted by molar-refractivity contribution is 6.32. The number of rotatable bonds is 2. The van der Waals surface area contributed by atoms with E-state index in [9.17, 15) is 0 Å². The molecule has 0 aliphatic heterocycles. The topological polar surface area (TPSA) is 43.1 Å². The molecule has 2 aromatic heterocycles. The molecule has 18 heavy (non-hydrogen) atoms. The van der Waals surface area contributed by atoms with Gasteiger partial charge in [-0.1, -0.05) is 18.0 Å². The van der Waals surface area contributed by atoms with E-state index >= 15 is 0 Å². The predicted molar refractivity (Wildman–Crippen MR) is 68.4 cm³/mol. The third kappa shape index (κ3) is 1.55. The minimum atomic E-state index is 0.434. The lowest BCUT2D eigenvalue weighted by Crippen LogP contribution is -2.14. The maximum Gasteiger partial charge on any atom is 0.198 e. The van der Waals surface area contributed by atoms with Crippen molar-refractivity contribution in [1.82, 2.24) is 19.6 Å². The molecule has 3 unspecified atom stereocenters. The van der Waals surface area contributed by atoms with Crippen molar-refractivity contribution in [2.75, 3.05) is 0 Å². The van der Waals surface area contributed by atoms with E-state index in [0.717, 1.165) is 30.0 Å². The predicted octanol–water partition coefficient (Wildman–Crippen LogP) is 2.76. The second-order valence-corrected chi connectivity index (χ2v) is 6.02. The van der Waals surface area contributed by atoms with Gasteiger partial charge in [0.1, 0.15) is 5.82 Å². The van der Waals surface area contributed by atoms with Crippen molar-refractivity contribution < 1.29 is 0 Å². The summed E-state index contributed by atoms with van der Waals surface area (Å²) >= 11 is 6.02. The highest BCUT2D eigenvalue weighted by Gasteiger charge is 2.39. The molecule has 4 rings (SSSR count). The summed E-state index contributed by atoms with van der Waals surface area (Å²) in [5.41, 5.74) is 0.678. The Kier molecular flexibility index (Phi) is 2.34. The lowest BCUT2D eigenvalue weighted by Gasteiger charge is -2.20. The average Bonchev–Trinajstić information content (AvgIpc) is 3.05. The summed E-state index contributed by atoms with van der Waals surface area (Å²) in [7, 11) is 0. The molecule has 2 heterocycles. The largest absolute Gasteiger partial charge is 0.282 e. The molecule has 2 fully saturated rings. The van der Waals surface area contributed by atoms with Crippen LogP contribution in [0.2, 0.25) is 5.15 Å². The maximum atomic E-state index is 6.02. The van der Waals surface area contributed by atoms with Crippen molar-refractivity contribution in [3.63, 3.8) is 0 Å². The van der Waals surface area contributed by atoms with Crippen LogP contribution < -0.4 is 0 Å².